The van der Waals surface area contributed by atoms with Crippen LogP contribution in [0.5, 0.6) is 5.75 Å². The van der Waals surface area contributed by atoms with Crippen LogP contribution >= 0.6 is 11.6 Å². The molecule has 0 bridgehead atoms. The molecule has 1 amide bonds. The number of nitrogens with zero attached hydrogens (tertiary/aromatic N) is 1. The molecule has 0 radical (unpaired) electrons. The first-order valence-corrected chi connectivity index (χ1v) is 7.97. The summed E-state index contributed by atoms with van der Waals surface area (Å²) < 4.78 is 11.2. The molecule has 1 saturated heterocycles. The van der Waals surface area contributed by atoms with Crippen molar-refractivity contribution in [2.75, 3.05) is 26.7 Å². The lowest BCUT2D eigenvalue weighted by molar-refractivity contribution is -0.141. The Hall–Kier alpha value is -1.30. The molecular formula is C16H23ClN2O3. The van der Waals surface area contributed by atoms with Gasteiger partial charge in [0.2, 0.25) is 0 Å². The largest absolute Gasteiger partial charge is 0.493 e. The van der Waals surface area contributed by atoms with E-state index in [1.54, 1.807) is 24.1 Å². The molecule has 0 spiro atoms. The molecule has 1 aliphatic rings. The summed E-state index contributed by atoms with van der Waals surface area (Å²) in [5, 5.41) is 0.651. The Morgan fingerprint density at radius 2 is 2.32 bits per heavy atom. The maximum atomic E-state index is 12.2. The van der Waals surface area contributed by atoms with Crippen molar-refractivity contribution in [3.8, 4) is 5.75 Å². The highest BCUT2D eigenvalue weighted by molar-refractivity contribution is 6.30. The summed E-state index contributed by atoms with van der Waals surface area (Å²) >= 11 is 5.89. The van der Waals surface area contributed by atoms with Gasteiger partial charge in [0.25, 0.3) is 5.91 Å². The number of amides is 1. The fourth-order valence-corrected chi connectivity index (χ4v) is 2.65. The number of likely N-dealkylation sites (N-methyl/N-ethyl adjacent to an activating group) is 1. The summed E-state index contributed by atoms with van der Waals surface area (Å²) in [6.45, 7) is 1.64. The SMILES string of the molecule is CN(CCCOc1cccc(Cl)c1)C(=O)[C@@H]1CC[C@H](CN)O1. The van der Waals surface area contributed by atoms with Gasteiger partial charge in [-0.25, -0.2) is 0 Å². The number of carbonyl (C=O) groups excluding carboxylic acids is 1. The summed E-state index contributed by atoms with van der Waals surface area (Å²) in [6.07, 6.45) is 2.05. The first kappa shape index (κ1) is 17.1. The van der Waals surface area contributed by atoms with E-state index in [4.69, 9.17) is 26.8 Å². The minimum Gasteiger partial charge on any atom is -0.493 e. The van der Waals surface area contributed by atoms with Gasteiger partial charge in [-0.15, -0.1) is 0 Å². The van der Waals surface area contributed by atoms with Gasteiger partial charge in [0.15, 0.2) is 0 Å². The van der Waals surface area contributed by atoms with Crippen LogP contribution in [0.3, 0.4) is 0 Å². The maximum absolute atomic E-state index is 12.2. The van der Waals surface area contributed by atoms with Gasteiger partial charge in [0.05, 0.1) is 12.7 Å². The maximum Gasteiger partial charge on any atom is 0.251 e. The summed E-state index contributed by atoms with van der Waals surface area (Å²) in [6, 6.07) is 7.28. The normalized spacial score (nSPS) is 20.9. The fourth-order valence-electron chi connectivity index (χ4n) is 2.47. The van der Waals surface area contributed by atoms with Crippen LogP contribution < -0.4 is 10.5 Å². The van der Waals surface area contributed by atoms with Crippen molar-refractivity contribution in [1.82, 2.24) is 4.90 Å². The van der Waals surface area contributed by atoms with Gasteiger partial charge in [-0.3, -0.25) is 4.79 Å². The predicted octanol–water partition coefficient (Wildman–Crippen LogP) is 2.07. The highest BCUT2D eigenvalue weighted by atomic mass is 35.5. The molecule has 1 aromatic rings. The first-order chi connectivity index (χ1) is 10.6. The second-order valence-corrected chi connectivity index (χ2v) is 5.92. The van der Waals surface area contributed by atoms with E-state index < -0.39 is 0 Å². The number of ether oxygens (including phenoxy) is 2. The van der Waals surface area contributed by atoms with Crippen molar-refractivity contribution in [2.45, 2.75) is 31.5 Å². The minimum absolute atomic E-state index is 0.0218. The van der Waals surface area contributed by atoms with Crippen molar-refractivity contribution < 1.29 is 14.3 Å². The number of nitrogens with two attached hydrogens (primary N) is 1. The quantitative estimate of drug-likeness (QED) is 0.779. The van der Waals surface area contributed by atoms with E-state index in [0.717, 1.165) is 25.0 Å². The number of rotatable bonds is 7. The Balaban J connectivity index is 1.67. The van der Waals surface area contributed by atoms with Crippen LogP contribution in [0.15, 0.2) is 24.3 Å². The molecule has 0 unspecified atom stereocenters. The predicted molar refractivity (Wildman–Crippen MR) is 86.2 cm³/mol. The molecular weight excluding hydrogens is 304 g/mol. The minimum atomic E-state index is -0.340. The van der Waals surface area contributed by atoms with Crippen LogP contribution in [0.4, 0.5) is 0 Å². The molecule has 2 rings (SSSR count). The third-order valence-electron chi connectivity index (χ3n) is 3.72. The second kappa shape index (κ2) is 8.36. The van der Waals surface area contributed by atoms with Crippen molar-refractivity contribution in [1.29, 1.82) is 0 Å². The Morgan fingerprint density at radius 1 is 1.50 bits per heavy atom. The van der Waals surface area contributed by atoms with E-state index in [1.165, 1.54) is 0 Å². The molecule has 122 valence electrons. The third kappa shape index (κ3) is 4.87. The van der Waals surface area contributed by atoms with Gasteiger partial charge in [-0.2, -0.15) is 0 Å². The number of halogens is 1. The number of hydrogen-bond acceptors (Lipinski definition) is 4. The van der Waals surface area contributed by atoms with Crippen molar-refractivity contribution in [3.63, 3.8) is 0 Å². The van der Waals surface area contributed by atoms with E-state index >= 15 is 0 Å². The second-order valence-electron chi connectivity index (χ2n) is 5.48. The molecule has 0 aliphatic carbocycles. The van der Waals surface area contributed by atoms with E-state index in [2.05, 4.69) is 0 Å². The topological polar surface area (TPSA) is 64.8 Å². The van der Waals surface area contributed by atoms with E-state index in [-0.39, 0.29) is 18.1 Å². The highest BCUT2D eigenvalue weighted by Crippen LogP contribution is 2.20. The third-order valence-corrected chi connectivity index (χ3v) is 3.96. The van der Waals surface area contributed by atoms with Crippen LogP contribution in [0.2, 0.25) is 5.02 Å². The van der Waals surface area contributed by atoms with Crippen LogP contribution in [-0.2, 0) is 9.53 Å². The Bertz CT molecular complexity index is 498. The van der Waals surface area contributed by atoms with E-state index in [9.17, 15) is 4.79 Å². The Morgan fingerprint density at radius 3 is 3.00 bits per heavy atom. The van der Waals surface area contributed by atoms with Crippen LogP contribution in [-0.4, -0.2) is 49.8 Å². The van der Waals surface area contributed by atoms with E-state index in [0.29, 0.717) is 24.7 Å². The van der Waals surface area contributed by atoms with Crippen molar-refractivity contribution in [3.05, 3.63) is 29.3 Å². The lowest BCUT2D eigenvalue weighted by Crippen LogP contribution is -2.38. The van der Waals surface area contributed by atoms with Gasteiger partial charge in [-0.1, -0.05) is 17.7 Å². The smallest absolute Gasteiger partial charge is 0.251 e. The monoisotopic (exact) mass is 326 g/mol. The van der Waals surface area contributed by atoms with Gasteiger partial charge in [0.1, 0.15) is 11.9 Å². The summed E-state index contributed by atoms with van der Waals surface area (Å²) in [5.74, 6) is 0.769. The average molecular weight is 327 g/mol. The molecule has 0 saturated carbocycles. The number of carbonyl (C=O) groups is 1. The zero-order chi connectivity index (χ0) is 15.9. The highest BCUT2D eigenvalue weighted by Gasteiger charge is 2.31. The van der Waals surface area contributed by atoms with Gasteiger partial charge >= 0.3 is 0 Å². The molecule has 6 heteroatoms. The van der Waals surface area contributed by atoms with E-state index in [1.807, 2.05) is 12.1 Å². The molecule has 2 N–H and O–H groups in total. The van der Waals surface area contributed by atoms with Gasteiger partial charge in [-0.05, 0) is 37.5 Å². The van der Waals surface area contributed by atoms with Gasteiger partial charge < -0.3 is 20.1 Å². The summed E-state index contributed by atoms with van der Waals surface area (Å²) in [4.78, 5) is 13.9. The molecule has 1 fully saturated rings. The molecule has 2 atom stereocenters. The van der Waals surface area contributed by atoms with Crippen LogP contribution in [0.25, 0.3) is 0 Å². The van der Waals surface area contributed by atoms with Gasteiger partial charge in [0, 0.05) is 25.2 Å². The Kier molecular flexibility index (Phi) is 6.49. The molecule has 1 heterocycles. The zero-order valence-electron chi connectivity index (χ0n) is 12.8. The Labute approximate surface area is 136 Å². The fraction of sp³-hybridized carbons (Fsp3) is 0.562. The average Bonchev–Trinajstić information content (AvgIpc) is 2.99. The van der Waals surface area contributed by atoms with Crippen molar-refractivity contribution >= 4 is 17.5 Å². The molecule has 1 aliphatic heterocycles. The van der Waals surface area contributed by atoms with Crippen LogP contribution in [0, 0.1) is 0 Å². The van der Waals surface area contributed by atoms with Crippen molar-refractivity contribution in [2.24, 2.45) is 5.73 Å². The molecule has 0 aromatic heterocycles. The summed E-state index contributed by atoms with van der Waals surface area (Å²) in [5.41, 5.74) is 5.56. The first-order valence-electron chi connectivity index (χ1n) is 7.59. The molecule has 1 aromatic carbocycles. The number of benzene rings is 1. The molecule has 22 heavy (non-hydrogen) atoms. The lowest BCUT2D eigenvalue weighted by atomic mass is 10.2. The lowest BCUT2D eigenvalue weighted by Gasteiger charge is -2.21. The summed E-state index contributed by atoms with van der Waals surface area (Å²) in [7, 11) is 1.79. The molecule has 5 nitrogen and oxygen atoms in total. The van der Waals surface area contributed by atoms with Crippen LogP contribution in [0.1, 0.15) is 19.3 Å². The number of hydrogen-bond donors (Lipinski definition) is 1. The standard InChI is InChI=1S/C16H23ClN2O3/c1-19(16(20)15-7-6-14(11-18)22-15)8-3-9-21-13-5-2-4-12(17)10-13/h2,4-5,10,14-15H,3,6-9,11,18H2,1H3/t14-,15+/m1/s1. The zero-order valence-corrected chi connectivity index (χ0v) is 13.6.